The van der Waals surface area contributed by atoms with Crippen LogP contribution in [0.4, 0.5) is 5.82 Å². The van der Waals surface area contributed by atoms with Gasteiger partial charge in [-0.3, -0.25) is 10.5 Å². The third-order valence-electron chi connectivity index (χ3n) is 1.78. The second-order valence-electron chi connectivity index (χ2n) is 2.99. The van der Waals surface area contributed by atoms with Crippen LogP contribution in [0.3, 0.4) is 0 Å². The van der Waals surface area contributed by atoms with Crippen LogP contribution < -0.4 is 5.32 Å². The minimum atomic E-state index is 0. The molecule has 3 N–H and O–H groups in total. The first-order valence-corrected chi connectivity index (χ1v) is 4.65. The molecule has 14 heavy (non-hydrogen) atoms. The molecule has 80 valence electrons. The molecule has 4 nitrogen and oxygen atoms in total. The molecule has 0 saturated heterocycles. The molecule has 1 heterocycles. The fourth-order valence-electron chi connectivity index (χ4n) is 1.07. The van der Waals surface area contributed by atoms with Crippen molar-refractivity contribution in [2.75, 3.05) is 5.32 Å². The van der Waals surface area contributed by atoms with Crippen LogP contribution in [-0.2, 0) is 6.42 Å². The molecule has 1 aromatic heterocycles. The quantitative estimate of drug-likeness (QED) is 0.535. The predicted octanol–water partition coefficient (Wildman–Crippen LogP) is 2.58. The summed E-state index contributed by atoms with van der Waals surface area (Å²) in [5, 5.41) is 17.3. The molecule has 0 aromatic carbocycles. The van der Waals surface area contributed by atoms with Crippen molar-refractivity contribution < 1.29 is 0 Å². The van der Waals surface area contributed by atoms with Gasteiger partial charge in [-0.15, -0.1) is 12.4 Å². The van der Waals surface area contributed by atoms with E-state index < -0.39 is 0 Å². The average Bonchev–Trinajstić information content (AvgIpc) is 2.53. The Balaban J connectivity index is 0.00000169. The summed E-state index contributed by atoms with van der Waals surface area (Å²) in [6.45, 7) is 4.07. The number of amidine groups is 1. The van der Waals surface area contributed by atoms with Gasteiger partial charge in [-0.05, 0) is 6.42 Å². The maximum atomic E-state index is 7.42. The van der Waals surface area contributed by atoms with Crippen LogP contribution in [0.2, 0.25) is 0 Å². The van der Waals surface area contributed by atoms with E-state index in [-0.39, 0.29) is 12.4 Å². The Morgan fingerprint density at radius 1 is 1.57 bits per heavy atom. The van der Waals surface area contributed by atoms with Gasteiger partial charge in [0.2, 0.25) is 0 Å². The summed E-state index contributed by atoms with van der Waals surface area (Å²) in [5.41, 5.74) is 1.12. The smallest absolute Gasteiger partial charge is 0.153 e. The van der Waals surface area contributed by atoms with Crippen LogP contribution in [0.15, 0.2) is 6.07 Å². The van der Waals surface area contributed by atoms with Gasteiger partial charge in [0.1, 0.15) is 0 Å². The zero-order chi connectivity index (χ0) is 9.68. The molecule has 0 spiro atoms. The monoisotopic (exact) mass is 216 g/mol. The van der Waals surface area contributed by atoms with Gasteiger partial charge in [0.25, 0.3) is 0 Å². The SMILES string of the molecule is CCCc1cc(NC(=N)CC)n[nH]1.Cl. The van der Waals surface area contributed by atoms with Crippen LogP contribution in [0.5, 0.6) is 0 Å². The maximum Gasteiger partial charge on any atom is 0.153 e. The molecule has 5 heteroatoms. The average molecular weight is 217 g/mol. The van der Waals surface area contributed by atoms with Gasteiger partial charge in [0.05, 0.1) is 5.84 Å². The van der Waals surface area contributed by atoms with E-state index in [0.29, 0.717) is 12.3 Å². The number of aromatic nitrogens is 2. The summed E-state index contributed by atoms with van der Waals surface area (Å²) in [5.74, 6) is 1.24. The third kappa shape index (κ3) is 3.79. The molecule has 0 aliphatic carbocycles. The van der Waals surface area contributed by atoms with Gasteiger partial charge in [-0.1, -0.05) is 20.3 Å². The molecule has 0 atom stereocenters. The van der Waals surface area contributed by atoms with Crippen molar-refractivity contribution in [3.05, 3.63) is 11.8 Å². The Hall–Kier alpha value is -1.03. The Labute approximate surface area is 90.4 Å². The highest BCUT2D eigenvalue weighted by molar-refractivity contribution is 5.91. The number of nitrogens with one attached hydrogen (secondary N) is 3. The van der Waals surface area contributed by atoms with Gasteiger partial charge in [-0.2, -0.15) is 5.10 Å². The van der Waals surface area contributed by atoms with E-state index in [1.807, 2.05) is 13.0 Å². The Kier molecular flexibility index (Phi) is 5.95. The fraction of sp³-hybridized carbons (Fsp3) is 0.556. The summed E-state index contributed by atoms with van der Waals surface area (Å²) in [4.78, 5) is 0. The van der Waals surface area contributed by atoms with Crippen molar-refractivity contribution in [2.24, 2.45) is 0 Å². The Morgan fingerprint density at radius 3 is 2.86 bits per heavy atom. The highest BCUT2D eigenvalue weighted by atomic mass is 35.5. The number of hydrogen-bond donors (Lipinski definition) is 3. The Morgan fingerprint density at radius 2 is 2.29 bits per heavy atom. The van der Waals surface area contributed by atoms with Crippen LogP contribution in [0, 0.1) is 5.41 Å². The van der Waals surface area contributed by atoms with Crippen LogP contribution in [-0.4, -0.2) is 16.0 Å². The molecule has 0 bridgehead atoms. The molecule has 0 amide bonds. The first kappa shape index (κ1) is 13.0. The molecule has 0 aliphatic rings. The molecule has 0 aliphatic heterocycles. The van der Waals surface area contributed by atoms with Crippen LogP contribution in [0.25, 0.3) is 0 Å². The standard InChI is InChI=1S/C9H16N4.ClH/c1-3-5-7-6-9(13-12-7)11-8(10)4-2;/h6H,3-5H2,1-2H3,(H3,10,11,12,13);1H. The van der Waals surface area contributed by atoms with Gasteiger partial charge < -0.3 is 5.32 Å². The number of anilines is 1. The van der Waals surface area contributed by atoms with E-state index in [9.17, 15) is 0 Å². The molecule has 0 saturated carbocycles. The molecule has 0 radical (unpaired) electrons. The lowest BCUT2D eigenvalue weighted by Gasteiger charge is -1.99. The van der Waals surface area contributed by atoms with Crippen molar-refractivity contribution in [3.8, 4) is 0 Å². The van der Waals surface area contributed by atoms with Gasteiger partial charge >= 0.3 is 0 Å². The predicted molar refractivity (Wildman–Crippen MR) is 61.5 cm³/mol. The number of nitrogens with zero attached hydrogens (tertiary/aromatic N) is 1. The summed E-state index contributed by atoms with van der Waals surface area (Å²) < 4.78 is 0. The lowest BCUT2D eigenvalue weighted by atomic mass is 10.2. The largest absolute Gasteiger partial charge is 0.327 e. The lowest BCUT2D eigenvalue weighted by Crippen LogP contribution is -2.08. The highest BCUT2D eigenvalue weighted by Crippen LogP contribution is 2.07. The van der Waals surface area contributed by atoms with Gasteiger partial charge in [0.15, 0.2) is 5.82 Å². The topological polar surface area (TPSA) is 64.6 Å². The highest BCUT2D eigenvalue weighted by Gasteiger charge is 2.00. The molecular formula is C9H17ClN4. The molecule has 0 unspecified atom stereocenters. The first-order chi connectivity index (χ1) is 6.26. The van der Waals surface area contributed by atoms with Gasteiger partial charge in [-0.25, -0.2) is 0 Å². The van der Waals surface area contributed by atoms with Crippen LogP contribution in [0.1, 0.15) is 32.4 Å². The van der Waals surface area contributed by atoms with Crippen molar-refractivity contribution in [1.82, 2.24) is 10.2 Å². The number of halogens is 1. The maximum absolute atomic E-state index is 7.42. The number of aromatic amines is 1. The number of aryl methyl sites for hydroxylation is 1. The van der Waals surface area contributed by atoms with Crippen molar-refractivity contribution in [2.45, 2.75) is 33.1 Å². The van der Waals surface area contributed by atoms with Gasteiger partial charge in [0, 0.05) is 18.2 Å². The van der Waals surface area contributed by atoms with Crippen LogP contribution >= 0.6 is 12.4 Å². The summed E-state index contributed by atoms with van der Waals surface area (Å²) in [7, 11) is 0. The molecule has 1 rings (SSSR count). The number of hydrogen-bond acceptors (Lipinski definition) is 2. The second kappa shape index (κ2) is 6.43. The summed E-state index contributed by atoms with van der Waals surface area (Å²) in [6, 6.07) is 1.95. The second-order valence-corrected chi connectivity index (χ2v) is 2.99. The third-order valence-corrected chi connectivity index (χ3v) is 1.78. The minimum Gasteiger partial charge on any atom is -0.327 e. The van der Waals surface area contributed by atoms with Crippen molar-refractivity contribution >= 4 is 24.1 Å². The van der Waals surface area contributed by atoms with Crippen molar-refractivity contribution in [1.29, 1.82) is 5.41 Å². The number of H-pyrrole nitrogens is 1. The normalized spacial score (nSPS) is 9.29. The van der Waals surface area contributed by atoms with E-state index in [0.717, 1.165) is 24.4 Å². The molecule has 0 fully saturated rings. The van der Waals surface area contributed by atoms with E-state index in [1.165, 1.54) is 0 Å². The summed E-state index contributed by atoms with van der Waals surface area (Å²) >= 11 is 0. The van der Waals surface area contributed by atoms with E-state index in [2.05, 4.69) is 22.4 Å². The lowest BCUT2D eigenvalue weighted by molar-refractivity contribution is 0.867. The first-order valence-electron chi connectivity index (χ1n) is 4.65. The van der Waals surface area contributed by atoms with E-state index in [1.54, 1.807) is 0 Å². The minimum absolute atomic E-state index is 0. The van der Waals surface area contributed by atoms with E-state index >= 15 is 0 Å². The Bertz CT molecular complexity index is 282. The summed E-state index contributed by atoms with van der Waals surface area (Å²) in [6.07, 6.45) is 2.82. The van der Waals surface area contributed by atoms with Crippen molar-refractivity contribution in [3.63, 3.8) is 0 Å². The fourth-order valence-corrected chi connectivity index (χ4v) is 1.07. The number of rotatable bonds is 4. The zero-order valence-electron chi connectivity index (χ0n) is 8.55. The van der Waals surface area contributed by atoms with E-state index in [4.69, 9.17) is 5.41 Å². The zero-order valence-corrected chi connectivity index (χ0v) is 9.37. The molecule has 1 aromatic rings. The molecular weight excluding hydrogens is 200 g/mol.